The molecule has 0 heterocycles. The number of fused-ring (bicyclic) bond motifs is 1. The lowest BCUT2D eigenvalue weighted by Crippen LogP contribution is -2.40. The Labute approximate surface area is 202 Å². The van der Waals surface area contributed by atoms with Crippen molar-refractivity contribution in [1.82, 2.24) is 5.43 Å². The fourth-order valence-electron chi connectivity index (χ4n) is 3.55. The Bertz CT molecular complexity index is 1520. The second-order valence-electron chi connectivity index (χ2n) is 7.79. The maximum atomic E-state index is 14.6. The number of aryl methyl sites for hydroxylation is 1. The Morgan fingerprint density at radius 3 is 2.43 bits per heavy atom. The van der Waals surface area contributed by atoms with E-state index in [1.807, 2.05) is 19.1 Å². The number of phenolic OH excluding ortho intramolecular Hbond substituents is 1. The van der Waals surface area contributed by atoms with E-state index >= 15 is 0 Å². The molecule has 35 heavy (non-hydrogen) atoms. The number of hydrazone groups is 1. The molecular formula is C26H22FN3O4S. The third kappa shape index (κ3) is 5.15. The van der Waals surface area contributed by atoms with Crippen LogP contribution in [0.25, 0.3) is 10.8 Å². The molecule has 0 spiro atoms. The number of halogens is 1. The predicted octanol–water partition coefficient (Wildman–Crippen LogP) is 4.34. The highest BCUT2D eigenvalue weighted by atomic mass is 32.2. The van der Waals surface area contributed by atoms with Crippen LogP contribution in [0.4, 0.5) is 10.1 Å². The summed E-state index contributed by atoms with van der Waals surface area (Å²) < 4.78 is 41.9. The lowest BCUT2D eigenvalue weighted by molar-refractivity contribution is -0.119. The van der Waals surface area contributed by atoms with Gasteiger partial charge in [0.1, 0.15) is 18.1 Å². The Morgan fingerprint density at radius 1 is 1.00 bits per heavy atom. The van der Waals surface area contributed by atoms with Crippen LogP contribution in [0.1, 0.15) is 11.1 Å². The summed E-state index contributed by atoms with van der Waals surface area (Å²) >= 11 is 0. The van der Waals surface area contributed by atoms with Crippen LogP contribution in [0.3, 0.4) is 0 Å². The first-order valence-electron chi connectivity index (χ1n) is 10.6. The molecule has 4 aromatic rings. The summed E-state index contributed by atoms with van der Waals surface area (Å²) in [4.78, 5) is 12.6. The van der Waals surface area contributed by atoms with Crippen LogP contribution in [0, 0.1) is 12.7 Å². The molecule has 0 aliphatic heterocycles. The molecule has 2 N–H and O–H groups in total. The number of carbonyl (C=O) groups is 1. The molecule has 0 unspecified atom stereocenters. The normalized spacial score (nSPS) is 11.6. The number of carbonyl (C=O) groups excluding carboxylic acids is 1. The van der Waals surface area contributed by atoms with Crippen LogP contribution in [-0.2, 0) is 14.8 Å². The van der Waals surface area contributed by atoms with Gasteiger partial charge in [-0.05, 0) is 48.0 Å². The molecule has 0 atom stereocenters. The molecule has 0 saturated heterocycles. The number of anilines is 1. The summed E-state index contributed by atoms with van der Waals surface area (Å²) in [6, 6.07) is 21.9. The average Bonchev–Trinajstić information content (AvgIpc) is 2.84. The number of phenols is 1. The number of benzene rings is 4. The molecular weight excluding hydrogens is 469 g/mol. The molecule has 178 valence electrons. The molecule has 4 aromatic carbocycles. The van der Waals surface area contributed by atoms with Crippen LogP contribution < -0.4 is 9.73 Å². The summed E-state index contributed by atoms with van der Waals surface area (Å²) in [7, 11) is -4.26. The molecule has 0 saturated carbocycles. The number of rotatable bonds is 7. The third-order valence-electron chi connectivity index (χ3n) is 5.35. The number of hydrogen-bond donors (Lipinski definition) is 2. The molecule has 0 aliphatic rings. The molecule has 9 heteroatoms. The highest BCUT2D eigenvalue weighted by Gasteiger charge is 2.29. The first kappa shape index (κ1) is 23.9. The van der Waals surface area contributed by atoms with Crippen molar-refractivity contribution in [2.24, 2.45) is 5.10 Å². The minimum Gasteiger partial charge on any atom is -0.507 e. The van der Waals surface area contributed by atoms with Crippen LogP contribution in [0.5, 0.6) is 5.75 Å². The highest BCUT2D eigenvalue weighted by molar-refractivity contribution is 7.92. The molecule has 0 aliphatic carbocycles. The van der Waals surface area contributed by atoms with E-state index in [1.165, 1.54) is 42.6 Å². The van der Waals surface area contributed by atoms with Crippen LogP contribution >= 0.6 is 0 Å². The molecule has 1 amide bonds. The van der Waals surface area contributed by atoms with E-state index < -0.39 is 28.3 Å². The minimum atomic E-state index is -4.26. The number of hydrogen-bond acceptors (Lipinski definition) is 5. The monoisotopic (exact) mass is 491 g/mol. The van der Waals surface area contributed by atoms with Gasteiger partial charge >= 0.3 is 0 Å². The van der Waals surface area contributed by atoms with Crippen molar-refractivity contribution < 1.29 is 22.7 Å². The average molecular weight is 492 g/mol. The molecule has 0 fully saturated rings. The molecule has 4 rings (SSSR count). The number of amides is 1. The van der Waals surface area contributed by atoms with Gasteiger partial charge in [0, 0.05) is 5.56 Å². The van der Waals surface area contributed by atoms with Crippen molar-refractivity contribution in [1.29, 1.82) is 0 Å². The number of aromatic hydroxyl groups is 1. The van der Waals surface area contributed by atoms with Gasteiger partial charge in [0.15, 0.2) is 0 Å². The maximum Gasteiger partial charge on any atom is 0.264 e. The van der Waals surface area contributed by atoms with Gasteiger partial charge in [0.2, 0.25) is 0 Å². The van der Waals surface area contributed by atoms with Gasteiger partial charge < -0.3 is 5.11 Å². The second-order valence-corrected chi connectivity index (χ2v) is 9.65. The Kier molecular flexibility index (Phi) is 6.79. The van der Waals surface area contributed by atoms with E-state index in [9.17, 15) is 22.7 Å². The molecule has 0 radical (unpaired) electrons. The zero-order valence-corrected chi connectivity index (χ0v) is 19.5. The van der Waals surface area contributed by atoms with E-state index in [-0.39, 0.29) is 16.3 Å². The standard InChI is InChI=1S/C26H22FN3O4S/c1-18-10-13-20(14-11-18)35(33,34)30(24-9-5-4-8-23(24)27)17-26(32)29-28-16-22-21-7-3-2-6-19(21)12-15-25(22)31/h2-16,31H,17H2,1H3,(H,29,32)/b28-16-. The summed E-state index contributed by atoms with van der Waals surface area (Å²) in [5.74, 6) is -1.61. The van der Waals surface area contributed by atoms with Crippen LogP contribution in [-0.4, -0.2) is 32.2 Å². The van der Waals surface area contributed by atoms with Crippen molar-refractivity contribution in [3.05, 3.63) is 102 Å². The highest BCUT2D eigenvalue weighted by Crippen LogP contribution is 2.27. The van der Waals surface area contributed by atoms with Crippen molar-refractivity contribution in [3.63, 3.8) is 0 Å². The van der Waals surface area contributed by atoms with Crippen molar-refractivity contribution in [3.8, 4) is 5.75 Å². The van der Waals surface area contributed by atoms with E-state index in [0.29, 0.717) is 9.87 Å². The van der Waals surface area contributed by atoms with Crippen LogP contribution in [0.2, 0.25) is 0 Å². The fraction of sp³-hybridized carbons (Fsp3) is 0.0769. The van der Waals surface area contributed by atoms with Gasteiger partial charge in [-0.1, -0.05) is 60.2 Å². The smallest absolute Gasteiger partial charge is 0.264 e. The van der Waals surface area contributed by atoms with Gasteiger partial charge in [-0.3, -0.25) is 9.10 Å². The van der Waals surface area contributed by atoms with E-state index in [1.54, 1.807) is 30.3 Å². The zero-order chi connectivity index (χ0) is 25.0. The lowest BCUT2D eigenvalue weighted by atomic mass is 10.0. The summed E-state index contributed by atoms with van der Waals surface area (Å²) in [5, 5.41) is 15.7. The van der Waals surface area contributed by atoms with Crippen molar-refractivity contribution in [2.45, 2.75) is 11.8 Å². The Hall–Kier alpha value is -4.24. The quantitative estimate of drug-likeness (QED) is 0.297. The van der Waals surface area contributed by atoms with Gasteiger partial charge in [0.25, 0.3) is 15.9 Å². The summed E-state index contributed by atoms with van der Waals surface area (Å²) in [6.07, 6.45) is 1.28. The first-order valence-corrected chi connectivity index (χ1v) is 12.1. The largest absolute Gasteiger partial charge is 0.507 e. The third-order valence-corrected chi connectivity index (χ3v) is 7.12. The fourth-order valence-corrected chi connectivity index (χ4v) is 4.97. The molecule has 0 aromatic heterocycles. The van der Waals surface area contributed by atoms with Crippen molar-refractivity contribution >= 4 is 38.6 Å². The molecule has 0 bridgehead atoms. The van der Waals surface area contributed by atoms with Crippen LogP contribution in [0.15, 0.2) is 94.9 Å². The van der Waals surface area contributed by atoms with Gasteiger partial charge in [-0.2, -0.15) is 5.10 Å². The van der Waals surface area contributed by atoms with E-state index in [0.717, 1.165) is 22.4 Å². The minimum absolute atomic E-state index is 0.0309. The van der Waals surface area contributed by atoms with E-state index in [4.69, 9.17) is 0 Å². The molecule has 7 nitrogen and oxygen atoms in total. The first-order chi connectivity index (χ1) is 16.8. The van der Waals surface area contributed by atoms with Crippen molar-refractivity contribution in [2.75, 3.05) is 10.8 Å². The van der Waals surface area contributed by atoms with E-state index in [2.05, 4.69) is 10.5 Å². The predicted molar refractivity (Wildman–Crippen MR) is 133 cm³/mol. The Morgan fingerprint density at radius 2 is 1.69 bits per heavy atom. The maximum absolute atomic E-state index is 14.6. The lowest BCUT2D eigenvalue weighted by Gasteiger charge is -2.24. The Balaban J connectivity index is 1.61. The van der Waals surface area contributed by atoms with Gasteiger partial charge in [-0.15, -0.1) is 0 Å². The van der Waals surface area contributed by atoms with Gasteiger partial charge in [0.05, 0.1) is 16.8 Å². The number of para-hydroxylation sites is 1. The SMILES string of the molecule is Cc1ccc(S(=O)(=O)N(CC(=O)N/N=C\c2c(O)ccc3ccccc23)c2ccccc2F)cc1. The topological polar surface area (TPSA) is 99.1 Å². The summed E-state index contributed by atoms with van der Waals surface area (Å²) in [6.45, 7) is 1.10. The second kappa shape index (κ2) is 9.94. The number of nitrogens with one attached hydrogen (secondary N) is 1. The number of nitrogens with zero attached hydrogens (tertiary/aromatic N) is 2. The van der Waals surface area contributed by atoms with Gasteiger partial charge in [-0.25, -0.2) is 18.2 Å². The summed E-state index contributed by atoms with van der Waals surface area (Å²) in [5.41, 5.74) is 3.24. The zero-order valence-electron chi connectivity index (χ0n) is 18.7. The number of sulfonamides is 1.